The van der Waals surface area contributed by atoms with Crippen molar-refractivity contribution in [1.29, 1.82) is 0 Å². The Morgan fingerprint density at radius 2 is 0.618 bits per heavy atom. The molecule has 1 amide bonds. The van der Waals surface area contributed by atoms with Crippen LogP contribution in [0.3, 0.4) is 0 Å². The zero-order chi connectivity index (χ0) is 55.0. The van der Waals surface area contributed by atoms with Crippen LogP contribution < -0.4 is 5.32 Å². The molecule has 0 saturated carbocycles. The van der Waals surface area contributed by atoms with Crippen molar-refractivity contribution in [3.05, 3.63) is 24.3 Å². The smallest absolute Gasteiger partial charge is 0.305 e. The highest BCUT2D eigenvalue weighted by atomic mass is 16.5. The standard InChI is InChI=1S/C70H135NO5/c1-3-5-7-9-11-13-15-17-19-21-28-31-34-38-42-46-50-54-58-62-68(73)67(66-72)71-69(74)63-59-55-51-47-43-39-35-32-29-26-24-22-23-25-27-30-33-37-41-45-49-53-57-61-65-76-70(75)64-60-56-52-48-44-40-36-20-18-16-14-12-10-8-6-4-2/h20,36,58,62,67-68,72-73H,3-19,21-35,37-57,59-61,63-66H2,1-2H3,(H,71,74)/b36-20-,62-58+. The molecule has 3 N–H and O–H groups in total. The van der Waals surface area contributed by atoms with E-state index in [1.807, 2.05) is 6.08 Å². The highest BCUT2D eigenvalue weighted by Crippen LogP contribution is 2.19. The first-order valence-corrected chi connectivity index (χ1v) is 34.6. The van der Waals surface area contributed by atoms with Gasteiger partial charge in [0, 0.05) is 12.8 Å². The second-order valence-electron chi connectivity index (χ2n) is 23.9. The van der Waals surface area contributed by atoms with E-state index in [1.165, 1.54) is 315 Å². The number of allylic oxidation sites excluding steroid dienone is 3. The fraction of sp³-hybridized carbons (Fsp3) is 0.914. The van der Waals surface area contributed by atoms with E-state index in [-0.39, 0.29) is 18.5 Å². The number of aliphatic hydroxyl groups is 2. The lowest BCUT2D eigenvalue weighted by atomic mass is 10.0. The molecule has 450 valence electrons. The summed E-state index contributed by atoms with van der Waals surface area (Å²) >= 11 is 0. The van der Waals surface area contributed by atoms with Crippen LogP contribution in [-0.2, 0) is 14.3 Å². The van der Waals surface area contributed by atoms with E-state index in [4.69, 9.17) is 4.74 Å². The van der Waals surface area contributed by atoms with E-state index in [0.717, 1.165) is 44.9 Å². The Hall–Kier alpha value is -1.66. The van der Waals surface area contributed by atoms with Gasteiger partial charge in [0.1, 0.15) is 0 Å². The van der Waals surface area contributed by atoms with Crippen LogP contribution in [-0.4, -0.2) is 47.4 Å². The number of ether oxygens (including phenoxy) is 1. The largest absolute Gasteiger partial charge is 0.466 e. The third kappa shape index (κ3) is 61.6. The maximum absolute atomic E-state index is 12.5. The van der Waals surface area contributed by atoms with E-state index < -0.39 is 12.1 Å². The molecule has 0 aromatic rings. The number of carbonyl (C=O) groups excluding carboxylic acids is 2. The number of aliphatic hydroxyl groups excluding tert-OH is 2. The van der Waals surface area contributed by atoms with Crippen molar-refractivity contribution in [2.24, 2.45) is 0 Å². The summed E-state index contributed by atoms with van der Waals surface area (Å²) in [5, 5.41) is 23.2. The number of hydrogen-bond donors (Lipinski definition) is 3. The number of esters is 1. The lowest BCUT2D eigenvalue weighted by Gasteiger charge is -2.20. The molecule has 6 heteroatoms. The molecule has 0 radical (unpaired) electrons. The first-order valence-electron chi connectivity index (χ1n) is 34.6. The van der Waals surface area contributed by atoms with Crippen molar-refractivity contribution in [2.45, 2.75) is 398 Å². The molecular formula is C70H135NO5. The van der Waals surface area contributed by atoms with Gasteiger partial charge in [-0.3, -0.25) is 9.59 Å². The molecule has 0 aliphatic carbocycles. The zero-order valence-electron chi connectivity index (χ0n) is 51.5. The Bertz CT molecular complexity index is 1190. The molecule has 0 aliphatic heterocycles. The summed E-state index contributed by atoms with van der Waals surface area (Å²) in [5.41, 5.74) is 0. The van der Waals surface area contributed by atoms with Gasteiger partial charge in [-0.25, -0.2) is 0 Å². The van der Waals surface area contributed by atoms with Crippen molar-refractivity contribution in [2.75, 3.05) is 13.2 Å². The molecule has 0 rings (SSSR count). The fourth-order valence-corrected chi connectivity index (χ4v) is 10.9. The van der Waals surface area contributed by atoms with Crippen LogP contribution in [0.4, 0.5) is 0 Å². The number of hydrogen-bond acceptors (Lipinski definition) is 5. The van der Waals surface area contributed by atoms with Crippen LogP contribution in [0.15, 0.2) is 24.3 Å². The Morgan fingerprint density at radius 1 is 0.355 bits per heavy atom. The molecule has 0 aliphatic rings. The number of unbranched alkanes of at least 4 members (excludes halogenated alkanes) is 52. The van der Waals surface area contributed by atoms with Crippen molar-refractivity contribution in [1.82, 2.24) is 5.32 Å². The Labute approximate surface area is 475 Å². The molecule has 0 fully saturated rings. The first-order chi connectivity index (χ1) is 37.5. The normalized spacial score (nSPS) is 12.6. The lowest BCUT2D eigenvalue weighted by molar-refractivity contribution is -0.143. The van der Waals surface area contributed by atoms with Gasteiger partial charge in [-0.15, -0.1) is 0 Å². The van der Waals surface area contributed by atoms with Crippen molar-refractivity contribution in [3.8, 4) is 0 Å². The van der Waals surface area contributed by atoms with E-state index in [2.05, 4.69) is 31.3 Å². The van der Waals surface area contributed by atoms with Gasteiger partial charge in [-0.2, -0.15) is 0 Å². The molecule has 2 atom stereocenters. The van der Waals surface area contributed by atoms with Crippen LogP contribution in [0.2, 0.25) is 0 Å². The highest BCUT2D eigenvalue weighted by Gasteiger charge is 2.18. The lowest BCUT2D eigenvalue weighted by Crippen LogP contribution is -2.45. The second kappa shape index (κ2) is 65.9. The molecule has 0 aromatic carbocycles. The van der Waals surface area contributed by atoms with Crippen LogP contribution in [0.25, 0.3) is 0 Å². The molecule has 0 heterocycles. The minimum atomic E-state index is -0.844. The van der Waals surface area contributed by atoms with Gasteiger partial charge in [0.25, 0.3) is 0 Å². The third-order valence-corrected chi connectivity index (χ3v) is 16.2. The van der Waals surface area contributed by atoms with Crippen LogP contribution in [0, 0.1) is 0 Å². The molecular weight excluding hydrogens is 935 g/mol. The number of carbonyl (C=O) groups is 2. The van der Waals surface area contributed by atoms with Gasteiger partial charge >= 0.3 is 5.97 Å². The minimum Gasteiger partial charge on any atom is -0.466 e. The SMILES string of the molecule is CCCCCCCCC/C=C\CCCCCCCC(=O)OCCCCCCCCCCCCCCCCCCCCCCCCCCC(=O)NC(CO)C(O)/C=C/CCCCCCCCCCCCCCCCCCC. The Kier molecular flexibility index (Phi) is 64.4. The van der Waals surface area contributed by atoms with Gasteiger partial charge in [-0.1, -0.05) is 340 Å². The third-order valence-electron chi connectivity index (χ3n) is 16.2. The first kappa shape index (κ1) is 74.3. The molecule has 2 unspecified atom stereocenters. The summed E-state index contributed by atoms with van der Waals surface area (Å²) in [6, 6.07) is -0.627. The summed E-state index contributed by atoms with van der Waals surface area (Å²) in [7, 11) is 0. The summed E-state index contributed by atoms with van der Waals surface area (Å²) in [4.78, 5) is 24.6. The average Bonchev–Trinajstić information content (AvgIpc) is 3.42. The minimum absolute atomic E-state index is 0.00833. The van der Waals surface area contributed by atoms with E-state index >= 15 is 0 Å². The van der Waals surface area contributed by atoms with Gasteiger partial charge in [0.05, 0.1) is 25.4 Å². The van der Waals surface area contributed by atoms with E-state index in [1.54, 1.807) is 6.08 Å². The summed E-state index contributed by atoms with van der Waals surface area (Å²) in [5.74, 6) is -0.0550. The maximum atomic E-state index is 12.5. The van der Waals surface area contributed by atoms with Crippen molar-refractivity contribution in [3.63, 3.8) is 0 Å². The Balaban J connectivity index is 3.39. The predicted octanol–water partition coefficient (Wildman–Crippen LogP) is 22.1. The number of nitrogens with one attached hydrogen (secondary N) is 1. The molecule has 0 saturated heterocycles. The highest BCUT2D eigenvalue weighted by molar-refractivity contribution is 5.76. The monoisotopic (exact) mass is 1070 g/mol. The summed E-state index contributed by atoms with van der Waals surface area (Å²) in [6.07, 6.45) is 82.4. The van der Waals surface area contributed by atoms with Gasteiger partial charge < -0.3 is 20.3 Å². The van der Waals surface area contributed by atoms with Crippen LogP contribution in [0.1, 0.15) is 386 Å². The quantitative estimate of drug-likeness (QED) is 0.0320. The van der Waals surface area contributed by atoms with Crippen molar-refractivity contribution < 1.29 is 24.5 Å². The van der Waals surface area contributed by atoms with Crippen LogP contribution in [0.5, 0.6) is 0 Å². The summed E-state index contributed by atoms with van der Waals surface area (Å²) in [6.45, 7) is 4.93. The number of amides is 1. The van der Waals surface area contributed by atoms with Gasteiger partial charge in [0.2, 0.25) is 5.91 Å². The molecule has 0 spiro atoms. The second-order valence-corrected chi connectivity index (χ2v) is 23.9. The molecule has 0 aromatic heterocycles. The van der Waals surface area contributed by atoms with E-state index in [0.29, 0.717) is 19.4 Å². The summed E-state index contributed by atoms with van der Waals surface area (Å²) < 4.78 is 5.49. The Morgan fingerprint density at radius 3 is 0.934 bits per heavy atom. The predicted molar refractivity (Wildman–Crippen MR) is 333 cm³/mol. The molecule has 0 bridgehead atoms. The topological polar surface area (TPSA) is 95.9 Å². The van der Waals surface area contributed by atoms with Gasteiger partial charge in [0.15, 0.2) is 0 Å². The van der Waals surface area contributed by atoms with Gasteiger partial charge in [-0.05, 0) is 57.8 Å². The van der Waals surface area contributed by atoms with Crippen molar-refractivity contribution >= 4 is 11.9 Å². The fourth-order valence-electron chi connectivity index (χ4n) is 10.9. The molecule has 6 nitrogen and oxygen atoms in total. The van der Waals surface area contributed by atoms with E-state index in [9.17, 15) is 19.8 Å². The zero-order valence-corrected chi connectivity index (χ0v) is 51.5. The number of rotatable bonds is 65. The molecule has 76 heavy (non-hydrogen) atoms. The maximum Gasteiger partial charge on any atom is 0.305 e. The van der Waals surface area contributed by atoms with Crippen LogP contribution >= 0.6 is 0 Å². The average molecular weight is 1070 g/mol.